The van der Waals surface area contributed by atoms with Crippen molar-refractivity contribution >= 4 is 15.8 Å². The Hall–Kier alpha value is -2.66. The topological polar surface area (TPSA) is 107 Å². The molecule has 0 aliphatic rings. The van der Waals surface area contributed by atoms with Crippen LogP contribution in [0, 0.1) is 10.1 Å². The van der Waals surface area contributed by atoms with Crippen LogP contribution in [-0.2, 0) is 21.7 Å². The quantitative estimate of drug-likeness (QED) is 0.374. The van der Waals surface area contributed by atoms with E-state index in [0.717, 1.165) is 12.1 Å². The highest BCUT2D eigenvalue weighted by Crippen LogP contribution is 2.40. The number of hydrogen-bond donors (Lipinski definition) is 1. The SMILES string of the molecule is CCC(C)(C)c1ccc(S(=O)(=O)O)c(Oc2ccc(C(F)(F)F)cc2[N+](=O)[O-])c1. The Bertz CT molecular complexity index is 1050. The highest BCUT2D eigenvalue weighted by Gasteiger charge is 2.34. The van der Waals surface area contributed by atoms with Crippen molar-refractivity contribution in [3.63, 3.8) is 0 Å². The number of rotatable bonds is 6. The fourth-order valence-electron chi connectivity index (χ4n) is 2.47. The van der Waals surface area contributed by atoms with Gasteiger partial charge < -0.3 is 4.74 Å². The number of halogens is 3. The van der Waals surface area contributed by atoms with Crippen molar-refractivity contribution in [3.8, 4) is 11.5 Å². The summed E-state index contributed by atoms with van der Waals surface area (Å²) in [6.07, 6.45) is -4.16. The van der Waals surface area contributed by atoms with Crippen LogP contribution in [0.1, 0.15) is 38.3 Å². The number of nitro groups is 1. The fraction of sp³-hybridized carbons (Fsp3) is 0.333. The number of alkyl halides is 3. The molecule has 2 rings (SSSR count). The van der Waals surface area contributed by atoms with Gasteiger partial charge >= 0.3 is 11.9 Å². The number of benzene rings is 2. The molecule has 2 aromatic carbocycles. The van der Waals surface area contributed by atoms with Crippen LogP contribution in [0.5, 0.6) is 11.5 Å². The Balaban J connectivity index is 2.66. The zero-order chi connectivity index (χ0) is 22.2. The maximum atomic E-state index is 12.9. The normalized spacial score (nSPS) is 12.7. The lowest BCUT2D eigenvalue weighted by molar-refractivity contribution is -0.385. The monoisotopic (exact) mass is 433 g/mol. The Morgan fingerprint density at radius 2 is 1.66 bits per heavy atom. The van der Waals surface area contributed by atoms with E-state index in [2.05, 4.69) is 0 Å². The van der Waals surface area contributed by atoms with Gasteiger partial charge in [-0.05, 0) is 41.7 Å². The number of nitrogens with zero attached hydrogens (tertiary/aromatic N) is 1. The average molecular weight is 433 g/mol. The van der Waals surface area contributed by atoms with Crippen molar-refractivity contribution in [1.82, 2.24) is 0 Å². The number of hydrogen-bond acceptors (Lipinski definition) is 5. The van der Waals surface area contributed by atoms with Gasteiger partial charge in [0.1, 0.15) is 10.6 Å². The van der Waals surface area contributed by atoms with Crippen LogP contribution in [0.15, 0.2) is 41.3 Å². The molecule has 0 bridgehead atoms. The van der Waals surface area contributed by atoms with Gasteiger partial charge in [0.25, 0.3) is 10.1 Å². The van der Waals surface area contributed by atoms with Crippen molar-refractivity contribution < 1.29 is 35.8 Å². The highest BCUT2D eigenvalue weighted by atomic mass is 32.2. The average Bonchev–Trinajstić information content (AvgIpc) is 2.59. The van der Waals surface area contributed by atoms with Crippen molar-refractivity contribution in [2.45, 2.75) is 43.7 Å². The van der Waals surface area contributed by atoms with E-state index in [4.69, 9.17) is 4.74 Å². The third-order valence-corrected chi connectivity index (χ3v) is 5.48. The third-order valence-electron chi connectivity index (χ3n) is 4.59. The van der Waals surface area contributed by atoms with E-state index in [-0.39, 0.29) is 0 Å². The molecule has 1 N–H and O–H groups in total. The predicted octanol–water partition coefficient (Wildman–Crippen LogP) is 5.34. The van der Waals surface area contributed by atoms with Crippen LogP contribution in [0.3, 0.4) is 0 Å². The largest absolute Gasteiger partial charge is 0.449 e. The lowest BCUT2D eigenvalue weighted by Gasteiger charge is -2.24. The van der Waals surface area contributed by atoms with Crippen LogP contribution in [0.4, 0.5) is 18.9 Å². The van der Waals surface area contributed by atoms with Crippen molar-refractivity contribution in [2.24, 2.45) is 0 Å². The molecule has 0 saturated heterocycles. The highest BCUT2D eigenvalue weighted by molar-refractivity contribution is 7.86. The molecule has 29 heavy (non-hydrogen) atoms. The van der Waals surface area contributed by atoms with E-state index in [0.29, 0.717) is 24.1 Å². The van der Waals surface area contributed by atoms with Gasteiger partial charge in [-0.2, -0.15) is 21.6 Å². The molecule has 0 aliphatic heterocycles. The van der Waals surface area contributed by atoms with Crippen LogP contribution in [-0.4, -0.2) is 17.9 Å². The summed E-state index contributed by atoms with van der Waals surface area (Å²) >= 11 is 0. The standard InChI is InChI=1S/C18H18F3NO6S/c1-4-17(2,3)11-6-8-16(29(25,26)27)15(10-11)28-14-7-5-12(18(19,20)21)9-13(14)22(23)24/h5-10H,4H2,1-3H3,(H,25,26,27). The molecule has 0 fully saturated rings. The zero-order valence-electron chi connectivity index (χ0n) is 15.6. The van der Waals surface area contributed by atoms with E-state index in [1.807, 2.05) is 20.8 Å². The van der Waals surface area contributed by atoms with Gasteiger partial charge in [-0.3, -0.25) is 14.7 Å². The maximum absolute atomic E-state index is 12.9. The smallest absolute Gasteiger partial charge is 0.416 e. The summed E-state index contributed by atoms with van der Waals surface area (Å²) in [7, 11) is -4.76. The molecular weight excluding hydrogens is 415 g/mol. The van der Waals surface area contributed by atoms with Gasteiger partial charge in [0, 0.05) is 6.07 Å². The van der Waals surface area contributed by atoms with Crippen LogP contribution < -0.4 is 4.74 Å². The Morgan fingerprint density at radius 3 is 2.14 bits per heavy atom. The summed E-state index contributed by atoms with van der Waals surface area (Å²) in [5.41, 5.74) is -2.08. The third kappa shape index (κ3) is 5.04. The Labute approximate surface area is 165 Å². The summed E-state index contributed by atoms with van der Waals surface area (Å²) in [6, 6.07) is 5.42. The second-order valence-corrected chi connectivity index (χ2v) is 8.30. The molecule has 0 unspecified atom stereocenters. The minimum absolute atomic E-state index is 0.294. The molecule has 0 atom stereocenters. The van der Waals surface area contributed by atoms with Crippen molar-refractivity contribution in [2.75, 3.05) is 0 Å². The number of nitro benzene ring substituents is 1. The van der Waals surface area contributed by atoms with Crippen molar-refractivity contribution in [1.29, 1.82) is 0 Å². The summed E-state index contributed by atoms with van der Waals surface area (Å²) < 4.78 is 76.7. The minimum atomic E-state index is -4.81. The summed E-state index contributed by atoms with van der Waals surface area (Å²) in [5.74, 6) is -1.03. The molecule has 0 heterocycles. The van der Waals surface area contributed by atoms with E-state index in [9.17, 15) is 36.3 Å². The van der Waals surface area contributed by atoms with E-state index in [1.54, 1.807) is 0 Å². The number of ether oxygens (including phenoxy) is 1. The molecule has 11 heteroatoms. The molecular formula is C18H18F3NO6S. The molecule has 0 saturated carbocycles. The second-order valence-electron chi connectivity index (χ2n) is 6.91. The first-order valence-electron chi connectivity index (χ1n) is 8.32. The Morgan fingerprint density at radius 1 is 1.07 bits per heavy atom. The minimum Gasteiger partial charge on any atom is -0.449 e. The van der Waals surface area contributed by atoms with Gasteiger partial charge in [0.05, 0.1) is 10.5 Å². The fourth-order valence-corrected chi connectivity index (χ4v) is 3.06. The summed E-state index contributed by atoms with van der Waals surface area (Å²) in [6.45, 7) is 5.61. The summed E-state index contributed by atoms with van der Waals surface area (Å²) in [5, 5.41) is 11.2. The zero-order valence-corrected chi connectivity index (χ0v) is 16.5. The first-order chi connectivity index (χ1) is 13.2. The molecule has 0 radical (unpaired) electrons. The summed E-state index contributed by atoms with van der Waals surface area (Å²) in [4.78, 5) is 9.50. The second kappa shape index (κ2) is 7.64. The van der Waals surface area contributed by atoms with Gasteiger partial charge in [-0.25, -0.2) is 0 Å². The first kappa shape index (κ1) is 22.6. The van der Waals surface area contributed by atoms with Crippen LogP contribution >= 0.6 is 0 Å². The van der Waals surface area contributed by atoms with Crippen LogP contribution in [0.25, 0.3) is 0 Å². The van der Waals surface area contributed by atoms with Crippen LogP contribution in [0.2, 0.25) is 0 Å². The molecule has 0 aliphatic carbocycles. The molecule has 7 nitrogen and oxygen atoms in total. The van der Waals surface area contributed by atoms with Gasteiger partial charge in [-0.15, -0.1) is 0 Å². The van der Waals surface area contributed by atoms with E-state index < -0.39 is 54.3 Å². The first-order valence-corrected chi connectivity index (χ1v) is 9.76. The van der Waals surface area contributed by atoms with E-state index >= 15 is 0 Å². The maximum Gasteiger partial charge on any atom is 0.416 e. The van der Waals surface area contributed by atoms with Crippen molar-refractivity contribution in [3.05, 3.63) is 57.6 Å². The predicted molar refractivity (Wildman–Crippen MR) is 97.7 cm³/mol. The lowest BCUT2D eigenvalue weighted by Crippen LogP contribution is -2.16. The molecule has 0 aromatic heterocycles. The molecule has 0 spiro atoms. The van der Waals surface area contributed by atoms with Gasteiger partial charge in [0.15, 0.2) is 0 Å². The molecule has 158 valence electrons. The molecule has 2 aromatic rings. The van der Waals surface area contributed by atoms with Gasteiger partial charge in [0.2, 0.25) is 5.75 Å². The lowest BCUT2D eigenvalue weighted by atomic mass is 9.82. The Kier molecular flexibility index (Phi) is 5.96. The van der Waals surface area contributed by atoms with Gasteiger partial charge in [-0.1, -0.05) is 26.8 Å². The molecule has 0 amide bonds. The van der Waals surface area contributed by atoms with E-state index in [1.165, 1.54) is 12.1 Å².